The fourth-order valence-electron chi connectivity index (χ4n) is 1.73. The highest BCUT2D eigenvalue weighted by Gasteiger charge is 2.11. The Labute approximate surface area is 117 Å². The Morgan fingerprint density at radius 1 is 1.45 bits per heavy atom. The number of nitrogens with one attached hydrogen (secondary N) is 2. The number of fused-ring (bicyclic) bond motifs is 1. The monoisotopic (exact) mass is 277 g/mol. The fourth-order valence-corrected chi connectivity index (χ4v) is 1.73. The largest absolute Gasteiger partial charge is 0.441 e. The highest BCUT2D eigenvalue weighted by atomic mass is 16.3. The third kappa shape index (κ3) is 3.48. The van der Waals surface area contributed by atoms with E-state index in [0.29, 0.717) is 22.7 Å². The number of aliphatic hydroxyl groups excluding tert-OH is 1. The van der Waals surface area contributed by atoms with Crippen LogP contribution in [0.4, 0.5) is 10.5 Å². The quantitative estimate of drug-likeness (QED) is 0.800. The standard InChI is InChI=1S/C14H19N3O3/c1-8(2)12(18)7-15-14(19)17-10-4-5-13-11(6-10)16-9(3)20-13/h4-6,8,12,18H,7H2,1-3H3,(H2,15,17,19). The van der Waals surface area contributed by atoms with Crippen LogP contribution in [0.5, 0.6) is 0 Å². The lowest BCUT2D eigenvalue weighted by molar-refractivity contribution is 0.126. The maximum atomic E-state index is 11.7. The summed E-state index contributed by atoms with van der Waals surface area (Å²) >= 11 is 0. The SMILES string of the molecule is Cc1nc2cc(NC(=O)NCC(O)C(C)C)ccc2o1. The Morgan fingerprint density at radius 2 is 2.20 bits per heavy atom. The topological polar surface area (TPSA) is 87.4 Å². The maximum absolute atomic E-state index is 11.7. The van der Waals surface area contributed by atoms with Crippen LogP contribution < -0.4 is 10.6 Å². The van der Waals surface area contributed by atoms with Crippen molar-refractivity contribution >= 4 is 22.8 Å². The summed E-state index contributed by atoms with van der Waals surface area (Å²) in [5.41, 5.74) is 2.01. The van der Waals surface area contributed by atoms with Gasteiger partial charge in [-0.3, -0.25) is 0 Å². The van der Waals surface area contributed by atoms with Crippen LogP contribution in [0, 0.1) is 12.8 Å². The van der Waals surface area contributed by atoms with Crippen molar-refractivity contribution in [2.24, 2.45) is 5.92 Å². The number of aliphatic hydroxyl groups is 1. The van der Waals surface area contributed by atoms with E-state index in [0.717, 1.165) is 0 Å². The number of nitrogens with zero attached hydrogens (tertiary/aromatic N) is 1. The molecule has 2 rings (SSSR count). The van der Waals surface area contributed by atoms with Gasteiger partial charge in [0.2, 0.25) is 0 Å². The first-order valence-corrected chi connectivity index (χ1v) is 6.56. The molecule has 1 heterocycles. The smallest absolute Gasteiger partial charge is 0.319 e. The van der Waals surface area contributed by atoms with Gasteiger partial charge in [-0.15, -0.1) is 0 Å². The van der Waals surface area contributed by atoms with Gasteiger partial charge in [-0.05, 0) is 24.1 Å². The van der Waals surface area contributed by atoms with Gasteiger partial charge in [-0.1, -0.05) is 13.8 Å². The van der Waals surface area contributed by atoms with Crippen LogP contribution in [0.3, 0.4) is 0 Å². The van der Waals surface area contributed by atoms with E-state index < -0.39 is 6.10 Å². The van der Waals surface area contributed by atoms with Crippen LogP contribution in [0.2, 0.25) is 0 Å². The molecule has 1 aromatic heterocycles. The third-order valence-corrected chi connectivity index (χ3v) is 2.99. The lowest BCUT2D eigenvalue weighted by Gasteiger charge is -2.15. The van der Waals surface area contributed by atoms with E-state index in [9.17, 15) is 9.90 Å². The van der Waals surface area contributed by atoms with Gasteiger partial charge >= 0.3 is 6.03 Å². The van der Waals surface area contributed by atoms with Gasteiger partial charge in [-0.2, -0.15) is 0 Å². The van der Waals surface area contributed by atoms with Crippen molar-refractivity contribution in [1.29, 1.82) is 0 Å². The molecule has 2 amide bonds. The number of carbonyl (C=O) groups is 1. The van der Waals surface area contributed by atoms with Gasteiger partial charge < -0.3 is 20.2 Å². The van der Waals surface area contributed by atoms with Crippen molar-refractivity contribution in [3.8, 4) is 0 Å². The molecule has 0 aliphatic carbocycles. The van der Waals surface area contributed by atoms with Crippen LogP contribution in [0.1, 0.15) is 19.7 Å². The number of oxazole rings is 1. The molecule has 1 unspecified atom stereocenters. The van der Waals surface area contributed by atoms with E-state index in [-0.39, 0.29) is 18.5 Å². The number of aromatic nitrogens is 1. The minimum absolute atomic E-state index is 0.102. The molecule has 0 aliphatic heterocycles. The molecular formula is C14H19N3O3. The zero-order valence-corrected chi connectivity index (χ0v) is 11.8. The van der Waals surface area contributed by atoms with E-state index in [2.05, 4.69) is 15.6 Å². The number of hydrogen-bond acceptors (Lipinski definition) is 4. The number of benzene rings is 1. The Balaban J connectivity index is 1.95. The number of urea groups is 1. The van der Waals surface area contributed by atoms with E-state index >= 15 is 0 Å². The van der Waals surface area contributed by atoms with E-state index in [1.165, 1.54) is 0 Å². The van der Waals surface area contributed by atoms with Gasteiger partial charge in [0.1, 0.15) is 5.52 Å². The molecule has 20 heavy (non-hydrogen) atoms. The Hall–Kier alpha value is -2.08. The van der Waals surface area contributed by atoms with Gasteiger partial charge in [0, 0.05) is 19.2 Å². The van der Waals surface area contributed by atoms with Gasteiger partial charge in [-0.25, -0.2) is 9.78 Å². The first-order chi connectivity index (χ1) is 9.45. The number of hydrogen-bond donors (Lipinski definition) is 3. The molecule has 0 bridgehead atoms. The van der Waals surface area contributed by atoms with Crippen molar-refractivity contribution in [1.82, 2.24) is 10.3 Å². The average Bonchev–Trinajstić information content (AvgIpc) is 2.75. The van der Waals surface area contributed by atoms with Crippen molar-refractivity contribution in [2.75, 3.05) is 11.9 Å². The average molecular weight is 277 g/mol. The fraction of sp³-hybridized carbons (Fsp3) is 0.429. The van der Waals surface area contributed by atoms with Crippen molar-refractivity contribution in [3.05, 3.63) is 24.1 Å². The molecule has 108 valence electrons. The van der Waals surface area contributed by atoms with Gasteiger partial charge in [0.25, 0.3) is 0 Å². The van der Waals surface area contributed by atoms with Crippen LogP contribution >= 0.6 is 0 Å². The van der Waals surface area contributed by atoms with Crippen molar-refractivity contribution in [2.45, 2.75) is 26.9 Å². The highest BCUT2D eigenvalue weighted by Crippen LogP contribution is 2.19. The predicted molar refractivity (Wildman–Crippen MR) is 76.6 cm³/mol. The van der Waals surface area contributed by atoms with E-state index in [1.807, 2.05) is 13.8 Å². The number of aryl methyl sites for hydroxylation is 1. The second-order valence-electron chi connectivity index (χ2n) is 5.06. The minimum Gasteiger partial charge on any atom is -0.441 e. The number of amides is 2. The van der Waals surface area contributed by atoms with Crippen LogP contribution in [0.25, 0.3) is 11.1 Å². The van der Waals surface area contributed by atoms with Crippen molar-refractivity contribution < 1.29 is 14.3 Å². The zero-order chi connectivity index (χ0) is 14.7. The van der Waals surface area contributed by atoms with Crippen molar-refractivity contribution in [3.63, 3.8) is 0 Å². The molecule has 0 radical (unpaired) electrons. The summed E-state index contributed by atoms with van der Waals surface area (Å²) in [5.74, 6) is 0.686. The number of anilines is 1. The summed E-state index contributed by atoms with van der Waals surface area (Å²) in [7, 11) is 0. The molecule has 0 saturated carbocycles. The second kappa shape index (κ2) is 5.92. The van der Waals surface area contributed by atoms with E-state index in [4.69, 9.17) is 4.42 Å². The molecule has 1 atom stereocenters. The summed E-state index contributed by atoms with van der Waals surface area (Å²) in [6, 6.07) is 4.88. The summed E-state index contributed by atoms with van der Waals surface area (Å²) in [6.07, 6.45) is -0.554. The highest BCUT2D eigenvalue weighted by molar-refractivity contribution is 5.91. The molecule has 0 saturated heterocycles. The third-order valence-electron chi connectivity index (χ3n) is 2.99. The molecule has 3 N–H and O–H groups in total. The van der Waals surface area contributed by atoms with E-state index in [1.54, 1.807) is 25.1 Å². The van der Waals surface area contributed by atoms with Crippen LogP contribution in [0.15, 0.2) is 22.6 Å². The molecule has 1 aromatic carbocycles. The lowest BCUT2D eigenvalue weighted by atomic mass is 10.1. The Kier molecular flexibility index (Phi) is 4.24. The predicted octanol–water partition coefficient (Wildman–Crippen LogP) is 2.27. The molecule has 2 aromatic rings. The lowest BCUT2D eigenvalue weighted by Crippen LogP contribution is -2.37. The number of rotatable bonds is 4. The minimum atomic E-state index is -0.554. The summed E-state index contributed by atoms with van der Waals surface area (Å²) in [5, 5.41) is 14.9. The van der Waals surface area contributed by atoms with Gasteiger partial charge in [0.15, 0.2) is 11.5 Å². The number of carbonyl (C=O) groups excluding carboxylic acids is 1. The molecule has 0 fully saturated rings. The Bertz CT molecular complexity index is 607. The molecule has 6 heteroatoms. The van der Waals surface area contributed by atoms with Gasteiger partial charge in [0.05, 0.1) is 6.10 Å². The van der Waals surface area contributed by atoms with Crippen LogP contribution in [-0.4, -0.2) is 28.8 Å². The normalized spacial score (nSPS) is 12.7. The first-order valence-electron chi connectivity index (χ1n) is 6.56. The second-order valence-corrected chi connectivity index (χ2v) is 5.06. The molecule has 0 spiro atoms. The zero-order valence-electron chi connectivity index (χ0n) is 11.8. The summed E-state index contributed by atoms with van der Waals surface area (Å²) in [4.78, 5) is 15.9. The molecule has 0 aliphatic rings. The molecular weight excluding hydrogens is 258 g/mol. The first kappa shape index (κ1) is 14.3. The maximum Gasteiger partial charge on any atom is 0.319 e. The molecule has 6 nitrogen and oxygen atoms in total. The summed E-state index contributed by atoms with van der Waals surface area (Å²) in [6.45, 7) is 5.78. The Morgan fingerprint density at radius 3 is 2.90 bits per heavy atom. The van der Waals surface area contributed by atoms with Crippen LogP contribution in [-0.2, 0) is 0 Å². The summed E-state index contributed by atoms with van der Waals surface area (Å²) < 4.78 is 5.36.